The zero-order valence-electron chi connectivity index (χ0n) is 22.9. The average Bonchev–Trinajstić information content (AvgIpc) is 3.49. The predicted molar refractivity (Wildman–Crippen MR) is 150 cm³/mol. The van der Waals surface area contributed by atoms with Gasteiger partial charge in [0, 0.05) is 30.4 Å². The number of anilines is 1. The summed E-state index contributed by atoms with van der Waals surface area (Å²) in [7, 11) is 1.18. The second-order valence-corrected chi connectivity index (χ2v) is 9.34. The molecule has 1 atom stereocenters. The Balaban J connectivity index is 1.47. The Labute approximate surface area is 243 Å². The number of aliphatic carboxylic acids is 1. The maximum absolute atomic E-state index is 14.6. The molecule has 2 heterocycles. The first-order valence-corrected chi connectivity index (χ1v) is 12.8. The maximum atomic E-state index is 14.6. The summed E-state index contributed by atoms with van der Waals surface area (Å²) in [6.45, 7) is 1.75. The number of carboxylic acid groups (broad SMARTS) is 1. The number of carbonyl (C=O) groups is 4. The van der Waals surface area contributed by atoms with Gasteiger partial charge >= 0.3 is 11.9 Å². The Morgan fingerprint density at radius 1 is 0.977 bits per heavy atom. The first-order valence-electron chi connectivity index (χ1n) is 12.8. The summed E-state index contributed by atoms with van der Waals surface area (Å²) in [6, 6.07) is 10.7. The highest BCUT2D eigenvalue weighted by Gasteiger charge is 2.23. The van der Waals surface area contributed by atoms with Crippen LogP contribution in [-0.2, 0) is 14.3 Å². The van der Waals surface area contributed by atoms with Crippen LogP contribution < -0.4 is 15.4 Å². The molecule has 13 heteroatoms. The SMILES string of the molecule is COC(=O)CC[C@H](NC(=O)c1c[nH]c(-c2cc(Oc3cc(C(=O)Nc4cc(C)ccc4F)ccc3F)ccn2)c1)C(=O)O. The number of carboxylic acids is 1. The standard InChI is InChI=1S/C30H26F2N4O7/c1-16-3-5-20(31)23(11-16)36-28(38)17-4-6-21(32)26(13-17)43-19-9-10-33-25(14-19)24-12-18(15-34-24)29(39)35-22(30(40)41)7-8-27(37)42-2/h3-6,9-15,22,34H,7-8H2,1-2H3,(H,35,39)(H,36,38)(H,40,41)/t22-/m0/s1. The molecule has 0 aliphatic heterocycles. The fraction of sp³-hybridized carbons (Fsp3) is 0.167. The zero-order valence-corrected chi connectivity index (χ0v) is 22.9. The summed E-state index contributed by atoms with van der Waals surface area (Å²) >= 11 is 0. The van der Waals surface area contributed by atoms with E-state index in [1.807, 2.05) is 0 Å². The number of ether oxygens (including phenoxy) is 2. The van der Waals surface area contributed by atoms with E-state index < -0.39 is 41.4 Å². The number of nitrogens with zero attached hydrogens (tertiary/aromatic N) is 1. The van der Waals surface area contributed by atoms with Gasteiger partial charge in [-0.25, -0.2) is 13.6 Å². The molecular formula is C30H26F2N4O7. The second-order valence-electron chi connectivity index (χ2n) is 9.34. The van der Waals surface area contributed by atoms with Gasteiger partial charge in [-0.15, -0.1) is 0 Å². The summed E-state index contributed by atoms with van der Waals surface area (Å²) < 4.78 is 38.9. The largest absolute Gasteiger partial charge is 0.480 e. The lowest BCUT2D eigenvalue weighted by atomic mass is 10.1. The monoisotopic (exact) mass is 592 g/mol. The number of rotatable bonds is 11. The summed E-state index contributed by atoms with van der Waals surface area (Å²) in [6.07, 6.45) is 2.38. The van der Waals surface area contributed by atoms with E-state index in [0.29, 0.717) is 11.4 Å². The molecule has 0 aliphatic rings. The predicted octanol–water partition coefficient (Wildman–Crippen LogP) is 4.84. The molecule has 2 amide bonds. The van der Waals surface area contributed by atoms with Gasteiger partial charge in [-0.2, -0.15) is 0 Å². The van der Waals surface area contributed by atoms with Gasteiger partial charge in [0.1, 0.15) is 17.6 Å². The zero-order chi connectivity index (χ0) is 31.1. The number of nitrogens with one attached hydrogen (secondary N) is 3. The van der Waals surface area contributed by atoms with Crippen molar-refractivity contribution in [1.29, 1.82) is 0 Å². The Hall–Kier alpha value is -5.59. The van der Waals surface area contributed by atoms with Crippen LogP contribution in [0.3, 0.4) is 0 Å². The molecule has 0 radical (unpaired) electrons. The second kappa shape index (κ2) is 13.4. The van der Waals surface area contributed by atoms with Gasteiger partial charge in [0.25, 0.3) is 11.8 Å². The number of halogens is 2. The van der Waals surface area contributed by atoms with Crippen molar-refractivity contribution in [3.63, 3.8) is 0 Å². The Morgan fingerprint density at radius 3 is 2.49 bits per heavy atom. The number of aromatic nitrogens is 2. The van der Waals surface area contributed by atoms with Gasteiger partial charge in [-0.05, 0) is 61.4 Å². The Bertz CT molecular complexity index is 1690. The minimum atomic E-state index is -1.32. The first kappa shape index (κ1) is 30.4. The van der Waals surface area contributed by atoms with Crippen LogP contribution in [0.4, 0.5) is 14.5 Å². The number of H-pyrrole nitrogens is 1. The number of aryl methyl sites for hydroxylation is 1. The number of amides is 2. The number of pyridine rings is 1. The lowest BCUT2D eigenvalue weighted by Crippen LogP contribution is -2.41. The van der Waals surface area contributed by atoms with Gasteiger partial charge in [0.05, 0.1) is 29.7 Å². The van der Waals surface area contributed by atoms with Crippen LogP contribution in [0.1, 0.15) is 39.1 Å². The number of hydrogen-bond acceptors (Lipinski definition) is 7. The number of benzene rings is 2. The van der Waals surface area contributed by atoms with Crippen LogP contribution in [-0.4, -0.2) is 52.0 Å². The third-order valence-electron chi connectivity index (χ3n) is 6.21. The van der Waals surface area contributed by atoms with Crippen LogP contribution in [0.2, 0.25) is 0 Å². The molecule has 0 unspecified atom stereocenters. The van der Waals surface area contributed by atoms with E-state index in [1.165, 1.54) is 62.0 Å². The fourth-order valence-corrected chi connectivity index (χ4v) is 3.94. The molecular weight excluding hydrogens is 566 g/mol. The van der Waals surface area contributed by atoms with E-state index in [0.717, 1.165) is 11.6 Å². The molecule has 4 rings (SSSR count). The molecule has 4 N–H and O–H groups in total. The minimum absolute atomic E-state index is 0.0192. The molecule has 11 nitrogen and oxygen atoms in total. The summed E-state index contributed by atoms with van der Waals surface area (Å²) in [4.78, 5) is 55.3. The molecule has 0 saturated carbocycles. The van der Waals surface area contributed by atoms with Gasteiger partial charge in [-0.3, -0.25) is 19.4 Å². The minimum Gasteiger partial charge on any atom is -0.480 e. The molecule has 222 valence electrons. The van der Waals surface area contributed by atoms with E-state index >= 15 is 0 Å². The molecule has 0 spiro atoms. The Kier molecular flexibility index (Phi) is 9.45. The highest BCUT2D eigenvalue weighted by Crippen LogP contribution is 2.29. The number of esters is 1. The van der Waals surface area contributed by atoms with Crippen molar-refractivity contribution in [2.75, 3.05) is 12.4 Å². The average molecular weight is 593 g/mol. The van der Waals surface area contributed by atoms with E-state index in [2.05, 4.69) is 25.3 Å². The topological polar surface area (TPSA) is 160 Å². The molecule has 0 saturated heterocycles. The summed E-state index contributed by atoms with van der Waals surface area (Å²) in [5.41, 5.74) is 1.52. The van der Waals surface area contributed by atoms with Crippen molar-refractivity contribution in [1.82, 2.24) is 15.3 Å². The third kappa shape index (κ3) is 7.79. The summed E-state index contributed by atoms with van der Waals surface area (Å²) in [5.74, 6) is -4.77. The van der Waals surface area contributed by atoms with Gasteiger partial charge in [-0.1, -0.05) is 6.07 Å². The molecule has 4 aromatic rings. The van der Waals surface area contributed by atoms with Crippen LogP contribution in [0.25, 0.3) is 11.4 Å². The van der Waals surface area contributed by atoms with Crippen molar-refractivity contribution in [2.24, 2.45) is 0 Å². The van der Waals surface area contributed by atoms with E-state index in [4.69, 9.17) is 4.74 Å². The third-order valence-corrected chi connectivity index (χ3v) is 6.21. The lowest BCUT2D eigenvalue weighted by Gasteiger charge is -2.13. The number of hydrogen-bond donors (Lipinski definition) is 4. The van der Waals surface area contributed by atoms with Crippen LogP contribution >= 0.6 is 0 Å². The number of aromatic amines is 1. The van der Waals surface area contributed by atoms with Crippen molar-refractivity contribution in [3.05, 3.63) is 95.3 Å². The van der Waals surface area contributed by atoms with E-state index in [9.17, 15) is 33.1 Å². The van der Waals surface area contributed by atoms with Gasteiger partial charge in [0.15, 0.2) is 11.6 Å². The fourth-order valence-electron chi connectivity index (χ4n) is 3.94. The van der Waals surface area contributed by atoms with Crippen LogP contribution in [0.5, 0.6) is 11.5 Å². The molecule has 2 aromatic heterocycles. The van der Waals surface area contributed by atoms with Gasteiger partial charge < -0.3 is 30.2 Å². The van der Waals surface area contributed by atoms with Crippen molar-refractivity contribution >= 4 is 29.4 Å². The van der Waals surface area contributed by atoms with Crippen LogP contribution in [0.15, 0.2) is 67.0 Å². The van der Waals surface area contributed by atoms with E-state index in [-0.39, 0.29) is 41.2 Å². The maximum Gasteiger partial charge on any atom is 0.326 e. The van der Waals surface area contributed by atoms with Gasteiger partial charge in [0.2, 0.25) is 0 Å². The quantitative estimate of drug-likeness (QED) is 0.180. The number of methoxy groups -OCH3 is 1. The van der Waals surface area contributed by atoms with Crippen LogP contribution in [0, 0.1) is 18.6 Å². The van der Waals surface area contributed by atoms with Crippen molar-refractivity contribution < 1.29 is 42.5 Å². The summed E-state index contributed by atoms with van der Waals surface area (Å²) in [5, 5.41) is 14.2. The highest BCUT2D eigenvalue weighted by atomic mass is 19.1. The molecule has 0 bridgehead atoms. The molecule has 0 fully saturated rings. The lowest BCUT2D eigenvalue weighted by molar-refractivity contribution is -0.142. The normalized spacial score (nSPS) is 11.3. The molecule has 43 heavy (non-hydrogen) atoms. The van der Waals surface area contributed by atoms with Crippen molar-refractivity contribution in [3.8, 4) is 22.9 Å². The smallest absolute Gasteiger partial charge is 0.326 e. The molecule has 0 aliphatic carbocycles. The number of carbonyl (C=O) groups excluding carboxylic acids is 3. The molecule has 2 aromatic carbocycles. The van der Waals surface area contributed by atoms with Crippen molar-refractivity contribution in [2.45, 2.75) is 25.8 Å². The highest BCUT2D eigenvalue weighted by molar-refractivity contribution is 6.04. The first-order chi connectivity index (χ1) is 20.5. The Morgan fingerprint density at radius 2 is 1.74 bits per heavy atom. The van der Waals surface area contributed by atoms with E-state index in [1.54, 1.807) is 13.0 Å².